The molecular weight excluding hydrogens is 450 g/mol. The van der Waals surface area contributed by atoms with Gasteiger partial charge in [0.15, 0.2) is 0 Å². The first kappa shape index (κ1) is 23.1. The van der Waals surface area contributed by atoms with Gasteiger partial charge >= 0.3 is 6.03 Å². The SMILES string of the molecule is CN(C)c1cc(NS(=O)(=O)c2cccc3ccccc23)ccc1NC(=O)NCc1cccnc1. The molecule has 4 rings (SSSR count). The molecule has 1 heterocycles. The van der Waals surface area contributed by atoms with Crippen molar-refractivity contribution in [2.75, 3.05) is 29.0 Å². The average Bonchev–Trinajstić information content (AvgIpc) is 2.83. The van der Waals surface area contributed by atoms with Crippen molar-refractivity contribution in [2.45, 2.75) is 11.4 Å². The van der Waals surface area contributed by atoms with Crippen LogP contribution in [0.2, 0.25) is 0 Å². The van der Waals surface area contributed by atoms with E-state index in [0.29, 0.717) is 29.0 Å². The summed E-state index contributed by atoms with van der Waals surface area (Å²) >= 11 is 0. The molecule has 0 radical (unpaired) electrons. The van der Waals surface area contributed by atoms with Gasteiger partial charge in [-0.1, -0.05) is 42.5 Å². The number of carbonyl (C=O) groups excluding carboxylic acids is 1. The highest BCUT2D eigenvalue weighted by molar-refractivity contribution is 7.93. The molecule has 0 aliphatic rings. The zero-order valence-electron chi connectivity index (χ0n) is 18.8. The number of amides is 2. The van der Waals surface area contributed by atoms with Crippen LogP contribution in [0.5, 0.6) is 0 Å². The van der Waals surface area contributed by atoms with Gasteiger partial charge in [-0.2, -0.15) is 0 Å². The Balaban J connectivity index is 1.53. The monoisotopic (exact) mass is 475 g/mol. The van der Waals surface area contributed by atoms with E-state index in [-0.39, 0.29) is 10.9 Å². The van der Waals surface area contributed by atoms with E-state index >= 15 is 0 Å². The molecule has 174 valence electrons. The summed E-state index contributed by atoms with van der Waals surface area (Å²) in [6.45, 7) is 0.333. The summed E-state index contributed by atoms with van der Waals surface area (Å²) in [6, 6.07) is 20.8. The second-order valence-electron chi connectivity index (χ2n) is 7.88. The summed E-state index contributed by atoms with van der Waals surface area (Å²) in [5.41, 5.74) is 2.46. The van der Waals surface area contributed by atoms with E-state index < -0.39 is 10.0 Å². The Morgan fingerprint density at radius 1 is 0.971 bits per heavy atom. The number of aromatic nitrogens is 1. The molecule has 0 bridgehead atoms. The average molecular weight is 476 g/mol. The lowest BCUT2D eigenvalue weighted by molar-refractivity contribution is 0.251. The Labute approximate surface area is 198 Å². The molecule has 9 heteroatoms. The molecular formula is C25H25N5O3S. The Hall–Kier alpha value is -4.11. The number of fused-ring (bicyclic) bond motifs is 1. The van der Waals surface area contributed by atoms with Crippen LogP contribution in [0.3, 0.4) is 0 Å². The fourth-order valence-corrected chi connectivity index (χ4v) is 4.84. The van der Waals surface area contributed by atoms with E-state index in [9.17, 15) is 13.2 Å². The number of nitrogens with one attached hydrogen (secondary N) is 3. The van der Waals surface area contributed by atoms with Gasteiger partial charge in [0.25, 0.3) is 10.0 Å². The third-order valence-corrected chi connectivity index (χ3v) is 6.63. The smallest absolute Gasteiger partial charge is 0.319 e. The number of anilines is 3. The number of hydrogen-bond acceptors (Lipinski definition) is 5. The highest BCUT2D eigenvalue weighted by Gasteiger charge is 2.18. The fraction of sp³-hybridized carbons (Fsp3) is 0.120. The molecule has 0 aliphatic carbocycles. The van der Waals surface area contributed by atoms with Crippen LogP contribution in [0.25, 0.3) is 10.8 Å². The van der Waals surface area contributed by atoms with Gasteiger partial charge in [0.1, 0.15) is 0 Å². The quantitative estimate of drug-likeness (QED) is 0.367. The van der Waals surface area contributed by atoms with Gasteiger partial charge in [-0.15, -0.1) is 0 Å². The molecule has 0 saturated carbocycles. The van der Waals surface area contributed by atoms with E-state index in [1.165, 1.54) is 0 Å². The molecule has 0 fully saturated rings. The lowest BCUT2D eigenvalue weighted by atomic mass is 10.1. The minimum atomic E-state index is -3.83. The zero-order chi connectivity index (χ0) is 24.1. The molecule has 8 nitrogen and oxygen atoms in total. The topological polar surface area (TPSA) is 103 Å². The number of nitrogens with zero attached hydrogens (tertiary/aromatic N) is 2. The van der Waals surface area contributed by atoms with Crippen molar-refractivity contribution in [3.63, 3.8) is 0 Å². The van der Waals surface area contributed by atoms with Crippen LogP contribution in [-0.2, 0) is 16.6 Å². The normalized spacial score (nSPS) is 11.1. The first-order valence-electron chi connectivity index (χ1n) is 10.6. The van der Waals surface area contributed by atoms with Gasteiger partial charge in [0.2, 0.25) is 0 Å². The molecule has 3 N–H and O–H groups in total. The molecule has 0 atom stereocenters. The van der Waals surface area contributed by atoms with Gasteiger partial charge in [-0.25, -0.2) is 13.2 Å². The summed E-state index contributed by atoms with van der Waals surface area (Å²) < 4.78 is 29.0. The Bertz CT molecular complexity index is 1420. The first-order chi connectivity index (χ1) is 16.3. The number of sulfonamides is 1. The summed E-state index contributed by atoms with van der Waals surface area (Å²) in [4.78, 5) is 18.4. The molecule has 0 aliphatic heterocycles. The van der Waals surface area contributed by atoms with E-state index in [4.69, 9.17) is 0 Å². The van der Waals surface area contributed by atoms with Crippen LogP contribution in [0, 0.1) is 0 Å². The first-order valence-corrected chi connectivity index (χ1v) is 12.1. The molecule has 0 unspecified atom stereocenters. The van der Waals surface area contributed by atoms with Crippen molar-refractivity contribution in [1.82, 2.24) is 10.3 Å². The summed E-state index contributed by atoms with van der Waals surface area (Å²) in [7, 11) is -0.199. The van der Waals surface area contributed by atoms with E-state index in [1.54, 1.807) is 59.8 Å². The lowest BCUT2D eigenvalue weighted by Crippen LogP contribution is -2.29. The standard InChI is InChI=1S/C25H25N5O3S/c1-30(2)23-15-20(12-13-22(23)28-25(31)27-17-18-7-6-14-26-16-18)29-34(32,33)24-11-5-9-19-8-3-4-10-21(19)24/h3-16,29H,17H2,1-2H3,(H2,27,28,31). The van der Waals surface area contributed by atoms with Crippen LogP contribution in [-0.4, -0.2) is 33.5 Å². The van der Waals surface area contributed by atoms with Crippen molar-refractivity contribution in [2.24, 2.45) is 0 Å². The predicted octanol–water partition coefficient (Wildman–Crippen LogP) is 4.42. The number of pyridine rings is 1. The lowest BCUT2D eigenvalue weighted by Gasteiger charge is -2.20. The number of benzene rings is 3. The van der Waals surface area contributed by atoms with Crippen molar-refractivity contribution in [3.8, 4) is 0 Å². The number of carbonyl (C=O) groups is 1. The second kappa shape index (κ2) is 9.80. The summed E-state index contributed by atoms with van der Waals surface area (Å²) in [6.07, 6.45) is 3.35. The van der Waals surface area contributed by atoms with Crippen molar-refractivity contribution in [1.29, 1.82) is 0 Å². The molecule has 1 aromatic heterocycles. The highest BCUT2D eigenvalue weighted by atomic mass is 32.2. The summed E-state index contributed by atoms with van der Waals surface area (Å²) in [5.74, 6) is 0. The molecule has 3 aromatic carbocycles. The van der Waals surface area contributed by atoms with Crippen LogP contribution in [0.15, 0.2) is 90.1 Å². The largest absolute Gasteiger partial charge is 0.376 e. The highest BCUT2D eigenvalue weighted by Crippen LogP contribution is 2.30. The van der Waals surface area contributed by atoms with Gasteiger partial charge < -0.3 is 15.5 Å². The van der Waals surface area contributed by atoms with Gasteiger partial charge in [-0.05, 0) is 41.3 Å². The van der Waals surface area contributed by atoms with E-state index in [1.807, 2.05) is 44.4 Å². The van der Waals surface area contributed by atoms with Crippen molar-refractivity contribution in [3.05, 3.63) is 90.8 Å². The molecule has 0 spiro atoms. The molecule has 4 aromatic rings. The maximum atomic E-state index is 13.2. The van der Waals surface area contributed by atoms with E-state index in [0.717, 1.165) is 10.9 Å². The van der Waals surface area contributed by atoms with Crippen LogP contribution >= 0.6 is 0 Å². The van der Waals surface area contributed by atoms with Gasteiger partial charge in [-0.3, -0.25) is 9.71 Å². The third kappa shape index (κ3) is 5.26. The van der Waals surface area contributed by atoms with Crippen LogP contribution < -0.4 is 20.3 Å². The van der Waals surface area contributed by atoms with Gasteiger partial charge in [0, 0.05) is 38.4 Å². The Morgan fingerprint density at radius 3 is 2.53 bits per heavy atom. The maximum Gasteiger partial charge on any atom is 0.319 e. The molecule has 34 heavy (non-hydrogen) atoms. The van der Waals surface area contributed by atoms with E-state index in [2.05, 4.69) is 20.3 Å². The fourth-order valence-electron chi connectivity index (χ4n) is 3.56. The van der Waals surface area contributed by atoms with Gasteiger partial charge in [0.05, 0.1) is 22.0 Å². The van der Waals surface area contributed by atoms with Crippen molar-refractivity contribution >= 4 is 43.9 Å². The minimum Gasteiger partial charge on any atom is -0.376 e. The number of hydrogen-bond donors (Lipinski definition) is 3. The minimum absolute atomic E-state index is 0.203. The van der Waals surface area contributed by atoms with Crippen LogP contribution in [0.4, 0.5) is 21.9 Å². The summed E-state index contributed by atoms with van der Waals surface area (Å²) in [5, 5.41) is 7.09. The molecule has 2 amide bonds. The Morgan fingerprint density at radius 2 is 1.76 bits per heavy atom. The third-order valence-electron chi connectivity index (χ3n) is 5.19. The van der Waals surface area contributed by atoms with Crippen LogP contribution in [0.1, 0.15) is 5.56 Å². The molecule has 0 saturated heterocycles. The Kier molecular flexibility index (Phi) is 6.65. The second-order valence-corrected chi connectivity index (χ2v) is 9.53. The predicted molar refractivity (Wildman–Crippen MR) is 136 cm³/mol. The zero-order valence-corrected chi connectivity index (χ0v) is 19.6. The number of urea groups is 1. The maximum absolute atomic E-state index is 13.2. The number of rotatable bonds is 7. The van der Waals surface area contributed by atoms with Crippen molar-refractivity contribution < 1.29 is 13.2 Å².